The Hall–Kier alpha value is -4.47. The Balaban J connectivity index is 1.93. The second-order valence-electron chi connectivity index (χ2n) is 9.24. The van der Waals surface area contributed by atoms with E-state index in [0.717, 1.165) is 5.56 Å². The largest absolute Gasteiger partial charge is 0.497 e. The van der Waals surface area contributed by atoms with E-state index < -0.39 is 40.4 Å². The number of benzene rings is 2. The van der Waals surface area contributed by atoms with Crippen LogP contribution >= 0.6 is 0 Å². The molecule has 0 radical (unpaired) electrons. The topological polar surface area (TPSA) is 134 Å². The summed E-state index contributed by atoms with van der Waals surface area (Å²) in [5, 5.41) is 14.8. The minimum atomic E-state index is -1.19. The maximum atomic E-state index is 14.3. The van der Waals surface area contributed by atoms with Crippen LogP contribution in [0.25, 0.3) is 0 Å². The average Bonchev–Trinajstić information content (AvgIpc) is 2.92. The van der Waals surface area contributed by atoms with Crippen LogP contribution in [0.2, 0.25) is 0 Å². The molecule has 0 amide bonds. The maximum Gasteiger partial charge on any atom is 0.336 e. The molecule has 204 valence electrons. The predicted octanol–water partition coefficient (Wildman–Crippen LogP) is 4.32. The lowest BCUT2D eigenvalue weighted by molar-refractivity contribution is -0.384. The molecule has 0 bridgehead atoms. The van der Waals surface area contributed by atoms with Crippen molar-refractivity contribution in [2.45, 2.75) is 39.0 Å². The number of carbonyl (C=O) groups excluding carboxylic acids is 3. The number of non-ortho nitro benzene ring substituents is 1. The summed E-state index contributed by atoms with van der Waals surface area (Å²) in [6.07, 6.45) is 0.261. The van der Waals surface area contributed by atoms with Crippen LogP contribution in [-0.2, 0) is 23.9 Å². The van der Waals surface area contributed by atoms with E-state index in [4.69, 9.17) is 14.2 Å². The molecule has 0 saturated heterocycles. The van der Waals surface area contributed by atoms with Gasteiger partial charge in [0.25, 0.3) is 5.69 Å². The lowest BCUT2D eigenvalue weighted by atomic mass is 9.67. The molecule has 39 heavy (non-hydrogen) atoms. The van der Waals surface area contributed by atoms with E-state index >= 15 is 0 Å². The van der Waals surface area contributed by atoms with Crippen LogP contribution in [0.3, 0.4) is 0 Å². The van der Waals surface area contributed by atoms with Crippen molar-refractivity contribution in [1.82, 2.24) is 5.32 Å². The van der Waals surface area contributed by atoms with Crippen molar-refractivity contribution >= 4 is 23.4 Å². The van der Waals surface area contributed by atoms with Crippen LogP contribution in [0, 0.1) is 16.0 Å². The molecule has 1 heterocycles. The summed E-state index contributed by atoms with van der Waals surface area (Å²) in [5.74, 6) is -4.00. The lowest BCUT2D eigenvalue weighted by Crippen LogP contribution is -2.43. The molecule has 2 aromatic rings. The molecular weight excluding hydrogens is 504 g/mol. The van der Waals surface area contributed by atoms with Crippen LogP contribution < -0.4 is 10.1 Å². The number of carbonyl (C=O) groups is 3. The van der Waals surface area contributed by atoms with Gasteiger partial charge in [-0.15, -0.1) is 0 Å². The number of nitrogens with zero attached hydrogens (tertiary/aromatic N) is 1. The fourth-order valence-electron chi connectivity index (χ4n) is 5.35. The highest BCUT2D eigenvalue weighted by molar-refractivity contribution is 6.13. The highest BCUT2D eigenvalue weighted by Crippen LogP contribution is 2.48. The number of hydrogen-bond acceptors (Lipinski definition) is 9. The monoisotopic (exact) mass is 534 g/mol. The number of methoxy groups -OCH3 is 1. The molecule has 1 aliphatic carbocycles. The Labute approximate surface area is 225 Å². The van der Waals surface area contributed by atoms with Gasteiger partial charge in [0.15, 0.2) is 5.78 Å². The molecule has 0 fully saturated rings. The van der Waals surface area contributed by atoms with Crippen LogP contribution in [0.4, 0.5) is 5.69 Å². The number of nitro groups is 1. The normalized spacial score (nSPS) is 20.6. The number of allylic oxidation sites excluding steroid dienone is 3. The molecule has 0 saturated carbocycles. The summed E-state index contributed by atoms with van der Waals surface area (Å²) < 4.78 is 16.0. The van der Waals surface area contributed by atoms with Crippen molar-refractivity contribution in [3.05, 3.63) is 92.3 Å². The van der Waals surface area contributed by atoms with E-state index in [2.05, 4.69) is 5.32 Å². The van der Waals surface area contributed by atoms with E-state index in [1.54, 1.807) is 45.0 Å². The molecule has 10 nitrogen and oxygen atoms in total. The van der Waals surface area contributed by atoms with Crippen LogP contribution in [-0.4, -0.2) is 43.0 Å². The van der Waals surface area contributed by atoms with Gasteiger partial charge in [-0.25, -0.2) is 4.79 Å². The highest BCUT2D eigenvalue weighted by Gasteiger charge is 2.49. The number of rotatable bonds is 8. The SMILES string of the molecule is CCOC(=O)C1=C(C)NC2=C(C(=O)[C@H](C(=O)OCC)[C@@H](c3cccc(OC)c3)C2)[C@@H]1c1cccc([N+](=O)[O-])c1. The summed E-state index contributed by atoms with van der Waals surface area (Å²) in [5.41, 5.74) is 2.27. The van der Waals surface area contributed by atoms with Crippen LogP contribution in [0.1, 0.15) is 50.2 Å². The summed E-state index contributed by atoms with van der Waals surface area (Å²) in [6.45, 7) is 5.20. The third-order valence-electron chi connectivity index (χ3n) is 6.99. The zero-order valence-corrected chi connectivity index (χ0v) is 22.2. The number of nitro benzene ring substituents is 1. The fourth-order valence-corrected chi connectivity index (χ4v) is 5.35. The fraction of sp³-hybridized carbons (Fsp3) is 0.345. The number of Topliss-reactive ketones (excluding diaryl/α,β-unsaturated/α-hetero) is 1. The van der Waals surface area contributed by atoms with Crippen molar-refractivity contribution in [2.24, 2.45) is 5.92 Å². The number of nitrogens with one attached hydrogen (secondary N) is 1. The number of ketones is 1. The van der Waals surface area contributed by atoms with Gasteiger partial charge in [-0.05, 0) is 50.5 Å². The smallest absolute Gasteiger partial charge is 0.336 e. The minimum absolute atomic E-state index is 0.0823. The molecule has 2 aromatic carbocycles. The number of esters is 2. The zero-order valence-electron chi connectivity index (χ0n) is 22.2. The van der Waals surface area contributed by atoms with Gasteiger partial charge in [0.2, 0.25) is 0 Å². The molecule has 4 rings (SSSR count). The molecule has 10 heteroatoms. The van der Waals surface area contributed by atoms with Gasteiger partial charge in [0, 0.05) is 40.9 Å². The highest BCUT2D eigenvalue weighted by atomic mass is 16.6. The van der Waals surface area contributed by atoms with Gasteiger partial charge in [-0.1, -0.05) is 24.3 Å². The van der Waals surface area contributed by atoms with Crippen LogP contribution in [0.5, 0.6) is 5.75 Å². The van der Waals surface area contributed by atoms with E-state index in [1.165, 1.54) is 25.3 Å². The first-order valence-electron chi connectivity index (χ1n) is 12.7. The first kappa shape index (κ1) is 27.6. The van der Waals surface area contributed by atoms with Crippen LogP contribution in [0.15, 0.2) is 71.1 Å². The first-order chi connectivity index (χ1) is 18.7. The maximum absolute atomic E-state index is 14.3. The van der Waals surface area contributed by atoms with E-state index in [0.29, 0.717) is 22.7 Å². The summed E-state index contributed by atoms with van der Waals surface area (Å²) in [4.78, 5) is 51.8. The average molecular weight is 535 g/mol. The van der Waals surface area contributed by atoms with Gasteiger partial charge in [0.1, 0.15) is 11.7 Å². The Kier molecular flexibility index (Phi) is 8.13. The van der Waals surface area contributed by atoms with Gasteiger partial charge in [-0.2, -0.15) is 0 Å². The van der Waals surface area contributed by atoms with E-state index in [-0.39, 0.29) is 36.5 Å². The Bertz CT molecular complexity index is 1390. The lowest BCUT2D eigenvalue weighted by Gasteiger charge is -2.39. The zero-order chi connectivity index (χ0) is 28.3. The standard InChI is InChI=1S/C29H30N2O8/c1-5-38-28(33)23-16(3)30-22-15-21(17-9-8-12-20(14-17)37-4)25(29(34)39-6-2)27(32)26(22)24(23)18-10-7-11-19(13-18)31(35)36/h7-14,21,24-25,30H,5-6,15H2,1-4H3/t21-,24-,25-/m1/s1. The summed E-state index contributed by atoms with van der Waals surface area (Å²) in [7, 11) is 1.53. The molecule has 0 unspecified atom stereocenters. The second kappa shape index (κ2) is 11.5. The van der Waals surface area contributed by atoms with Gasteiger partial charge >= 0.3 is 11.9 Å². The predicted molar refractivity (Wildman–Crippen MR) is 141 cm³/mol. The van der Waals surface area contributed by atoms with Gasteiger partial charge in [-0.3, -0.25) is 19.7 Å². The number of ether oxygens (including phenoxy) is 3. The quantitative estimate of drug-likeness (QED) is 0.227. The van der Waals surface area contributed by atoms with Crippen molar-refractivity contribution in [1.29, 1.82) is 0 Å². The first-order valence-corrected chi connectivity index (χ1v) is 12.7. The molecule has 0 spiro atoms. The van der Waals surface area contributed by atoms with E-state index in [9.17, 15) is 24.5 Å². The molecule has 3 atom stereocenters. The third kappa shape index (κ3) is 5.27. The third-order valence-corrected chi connectivity index (χ3v) is 6.99. The summed E-state index contributed by atoms with van der Waals surface area (Å²) in [6, 6.07) is 13.0. The Morgan fingerprint density at radius 3 is 2.41 bits per heavy atom. The number of hydrogen-bond donors (Lipinski definition) is 1. The van der Waals surface area contributed by atoms with Crippen molar-refractivity contribution < 1.29 is 33.5 Å². The van der Waals surface area contributed by atoms with Gasteiger partial charge < -0.3 is 19.5 Å². The molecule has 2 aliphatic rings. The second-order valence-corrected chi connectivity index (χ2v) is 9.24. The Morgan fingerprint density at radius 1 is 1.05 bits per heavy atom. The van der Waals surface area contributed by atoms with E-state index in [1.807, 2.05) is 6.07 Å². The Morgan fingerprint density at radius 2 is 1.74 bits per heavy atom. The van der Waals surface area contributed by atoms with Gasteiger partial charge in [0.05, 0.1) is 30.8 Å². The molecule has 1 aliphatic heterocycles. The molecule has 0 aromatic heterocycles. The molecule has 1 N–H and O–H groups in total. The van der Waals surface area contributed by atoms with Crippen molar-refractivity contribution in [3.8, 4) is 5.75 Å². The van der Waals surface area contributed by atoms with Crippen molar-refractivity contribution in [3.63, 3.8) is 0 Å². The minimum Gasteiger partial charge on any atom is -0.497 e. The molecular formula is C29H30N2O8. The summed E-state index contributed by atoms with van der Waals surface area (Å²) >= 11 is 0. The number of dihydropyridines is 1. The van der Waals surface area contributed by atoms with Crippen molar-refractivity contribution in [2.75, 3.05) is 20.3 Å².